The second-order valence-electron chi connectivity index (χ2n) is 6.27. The molecular weight excluding hydrogens is 457 g/mol. The van der Waals surface area contributed by atoms with Crippen LogP contribution in [0.15, 0.2) is 34.6 Å². The Morgan fingerprint density at radius 2 is 1.96 bits per heavy atom. The lowest BCUT2D eigenvalue weighted by atomic mass is 10.1. The van der Waals surface area contributed by atoms with Gasteiger partial charge in [-0.1, -0.05) is 31.2 Å². The SMILES string of the molecule is CCN(C)Cc1cccc(CNC(=NC)N(C)Cc2csc(C)n2)c1.I. The number of nitrogens with zero attached hydrogens (tertiary/aromatic N) is 4. The summed E-state index contributed by atoms with van der Waals surface area (Å²) in [6.07, 6.45) is 0. The molecule has 0 saturated heterocycles. The first kappa shape index (κ1) is 22.9. The number of halogens is 1. The molecule has 0 amide bonds. The molecule has 1 N–H and O–H groups in total. The van der Waals surface area contributed by atoms with Gasteiger partial charge in [-0.25, -0.2) is 4.98 Å². The Hall–Kier alpha value is -1.19. The number of guanidine groups is 1. The molecule has 5 nitrogen and oxygen atoms in total. The maximum atomic E-state index is 4.52. The van der Waals surface area contributed by atoms with Gasteiger partial charge in [0.2, 0.25) is 0 Å². The summed E-state index contributed by atoms with van der Waals surface area (Å²) < 4.78 is 0. The van der Waals surface area contributed by atoms with Gasteiger partial charge in [0, 0.05) is 32.6 Å². The molecule has 26 heavy (non-hydrogen) atoms. The third-order valence-electron chi connectivity index (χ3n) is 4.07. The van der Waals surface area contributed by atoms with Crippen LogP contribution in [0.25, 0.3) is 0 Å². The molecule has 144 valence electrons. The number of rotatable bonds is 7. The van der Waals surface area contributed by atoms with Crippen LogP contribution in [0, 0.1) is 6.92 Å². The van der Waals surface area contributed by atoms with Crippen molar-refractivity contribution in [1.29, 1.82) is 0 Å². The molecule has 2 rings (SSSR count). The molecule has 0 atom stereocenters. The number of benzene rings is 1. The van der Waals surface area contributed by atoms with E-state index < -0.39 is 0 Å². The number of aryl methyl sites for hydroxylation is 1. The summed E-state index contributed by atoms with van der Waals surface area (Å²) in [6, 6.07) is 8.72. The Morgan fingerprint density at radius 3 is 2.58 bits per heavy atom. The van der Waals surface area contributed by atoms with Crippen LogP contribution in [0.5, 0.6) is 0 Å². The summed E-state index contributed by atoms with van der Waals surface area (Å²) in [5.41, 5.74) is 3.68. The fraction of sp³-hybridized carbons (Fsp3) is 0.474. The van der Waals surface area contributed by atoms with Gasteiger partial charge in [0.15, 0.2) is 5.96 Å². The molecular formula is C19H30IN5S. The van der Waals surface area contributed by atoms with Gasteiger partial charge < -0.3 is 15.1 Å². The summed E-state index contributed by atoms with van der Waals surface area (Å²) in [6.45, 7) is 7.75. The lowest BCUT2D eigenvalue weighted by Crippen LogP contribution is -2.38. The van der Waals surface area contributed by atoms with Crippen LogP contribution in [-0.2, 0) is 19.6 Å². The highest BCUT2D eigenvalue weighted by atomic mass is 127. The van der Waals surface area contributed by atoms with Crippen molar-refractivity contribution in [3.63, 3.8) is 0 Å². The van der Waals surface area contributed by atoms with Gasteiger partial charge in [-0.05, 0) is 31.6 Å². The van der Waals surface area contributed by atoms with Crippen molar-refractivity contribution in [1.82, 2.24) is 20.1 Å². The van der Waals surface area contributed by atoms with E-state index in [0.717, 1.165) is 42.8 Å². The van der Waals surface area contributed by atoms with Gasteiger partial charge >= 0.3 is 0 Å². The zero-order valence-electron chi connectivity index (χ0n) is 16.3. The summed E-state index contributed by atoms with van der Waals surface area (Å²) >= 11 is 1.68. The Bertz CT molecular complexity index is 701. The Kier molecular flexibility index (Phi) is 10.1. The van der Waals surface area contributed by atoms with Crippen LogP contribution in [0.4, 0.5) is 0 Å². The van der Waals surface area contributed by atoms with Crippen molar-refractivity contribution in [3.8, 4) is 0 Å². The average molecular weight is 487 g/mol. The number of thiazole rings is 1. The largest absolute Gasteiger partial charge is 0.352 e. The maximum absolute atomic E-state index is 4.52. The third-order valence-corrected chi connectivity index (χ3v) is 4.90. The molecule has 1 aromatic carbocycles. The van der Waals surface area contributed by atoms with E-state index in [1.807, 2.05) is 21.0 Å². The van der Waals surface area contributed by atoms with Crippen LogP contribution in [0.3, 0.4) is 0 Å². The second-order valence-corrected chi connectivity index (χ2v) is 7.33. The number of nitrogens with one attached hydrogen (secondary N) is 1. The van der Waals surface area contributed by atoms with E-state index in [1.165, 1.54) is 11.1 Å². The van der Waals surface area contributed by atoms with Gasteiger partial charge in [-0.2, -0.15) is 0 Å². The zero-order chi connectivity index (χ0) is 18.2. The molecule has 7 heteroatoms. The van der Waals surface area contributed by atoms with Crippen LogP contribution in [0.2, 0.25) is 0 Å². The smallest absolute Gasteiger partial charge is 0.194 e. The van der Waals surface area contributed by atoms with E-state index in [9.17, 15) is 0 Å². The van der Waals surface area contributed by atoms with Gasteiger partial charge in [0.05, 0.1) is 17.2 Å². The van der Waals surface area contributed by atoms with Crippen molar-refractivity contribution in [2.75, 3.05) is 27.7 Å². The van der Waals surface area contributed by atoms with Gasteiger partial charge in [0.25, 0.3) is 0 Å². The van der Waals surface area contributed by atoms with Gasteiger partial charge in [-0.15, -0.1) is 35.3 Å². The van der Waals surface area contributed by atoms with E-state index in [2.05, 4.69) is 68.7 Å². The van der Waals surface area contributed by atoms with E-state index in [0.29, 0.717) is 0 Å². The molecule has 0 unspecified atom stereocenters. The van der Waals surface area contributed by atoms with Crippen molar-refractivity contribution in [2.24, 2.45) is 4.99 Å². The minimum absolute atomic E-state index is 0. The lowest BCUT2D eigenvalue weighted by molar-refractivity contribution is 0.345. The maximum Gasteiger partial charge on any atom is 0.194 e. The van der Waals surface area contributed by atoms with Crippen molar-refractivity contribution < 1.29 is 0 Å². The molecule has 0 bridgehead atoms. The summed E-state index contributed by atoms with van der Waals surface area (Å²) in [5.74, 6) is 0.877. The minimum Gasteiger partial charge on any atom is -0.352 e. The van der Waals surface area contributed by atoms with Crippen LogP contribution in [-0.4, -0.2) is 48.4 Å². The van der Waals surface area contributed by atoms with Crippen LogP contribution >= 0.6 is 35.3 Å². The predicted octanol–water partition coefficient (Wildman–Crippen LogP) is 3.73. The van der Waals surface area contributed by atoms with Crippen LogP contribution < -0.4 is 5.32 Å². The zero-order valence-corrected chi connectivity index (χ0v) is 19.5. The molecule has 0 saturated carbocycles. The van der Waals surface area contributed by atoms with Crippen molar-refractivity contribution >= 4 is 41.3 Å². The molecule has 0 fully saturated rings. The summed E-state index contributed by atoms with van der Waals surface area (Å²) in [5, 5.41) is 6.65. The van der Waals surface area contributed by atoms with Crippen molar-refractivity contribution in [3.05, 3.63) is 51.5 Å². The minimum atomic E-state index is 0. The molecule has 0 radical (unpaired) electrons. The Labute approximate surface area is 178 Å². The Balaban J connectivity index is 0.00000338. The number of aromatic nitrogens is 1. The van der Waals surface area contributed by atoms with E-state index in [1.54, 1.807) is 11.3 Å². The first-order valence-electron chi connectivity index (χ1n) is 8.61. The highest BCUT2D eigenvalue weighted by Crippen LogP contribution is 2.10. The number of hydrogen-bond acceptors (Lipinski definition) is 4. The summed E-state index contributed by atoms with van der Waals surface area (Å²) in [4.78, 5) is 13.3. The fourth-order valence-electron chi connectivity index (χ4n) is 2.63. The van der Waals surface area contributed by atoms with E-state index in [-0.39, 0.29) is 24.0 Å². The van der Waals surface area contributed by atoms with E-state index in [4.69, 9.17) is 0 Å². The third kappa shape index (κ3) is 7.20. The van der Waals surface area contributed by atoms with Crippen LogP contribution in [0.1, 0.15) is 28.8 Å². The quantitative estimate of drug-likeness (QED) is 0.367. The molecule has 1 heterocycles. The molecule has 0 aliphatic carbocycles. The Morgan fingerprint density at radius 1 is 1.23 bits per heavy atom. The first-order valence-corrected chi connectivity index (χ1v) is 9.49. The monoisotopic (exact) mass is 487 g/mol. The molecule has 1 aromatic heterocycles. The first-order chi connectivity index (χ1) is 12.0. The second kappa shape index (κ2) is 11.5. The summed E-state index contributed by atoms with van der Waals surface area (Å²) in [7, 11) is 6.00. The topological polar surface area (TPSA) is 43.8 Å². The van der Waals surface area contributed by atoms with Gasteiger partial charge in [-0.3, -0.25) is 4.99 Å². The lowest BCUT2D eigenvalue weighted by Gasteiger charge is -2.21. The molecule has 0 aliphatic rings. The van der Waals surface area contributed by atoms with Gasteiger partial charge in [0.1, 0.15) is 0 Å². The highest BCUT2D eigenvalue weighted by Gasteiger charge is 2.09. The normalized spacial score (nSPS) is 11.4. The molecule has 0 aliphatic heterocycles. The standard InChI is InChI=1S/C19H29N5S.HI/c1-6-23(4)12-17-9-7-8-16(10-17)11-21-19(20-3)24(5)13-18-14-25-15(2)22-18;/h7-10,14H,6,11-13H2,1-5H3,(H,20,21);1H. The van der Waals surface area contributed by atoms with Crippen molar-refractivity contribution in [2.45, 2.75) is 33.5 Å². The average Bonchev–Trinajstić information content (AvgIpc) is 3.00. The highest BCUT2D eigenvalue weighted by molar-refractivity contribution is 14.0. The molecule has 0 spiro atoms. The predicted molar refractivity (Wildman–Crippen MR) is 122 cm³/mol. The number of aliphatic imine (C=N–C) groups is 1. The fourth-order valence-corrected chi connectivity index (χ4v) is 3.23. The van der Waals surface area contributed by atoms with E-state index >= 15 is 0 Å². The number of hydrogen-bond donors (Lipinski definition) is 1. The molecule has 2 aromatic rings.